The Morgan fingerprint density at radius 2 is 2.30 bits per heavy atom. The van der Waals surface area contributed by atoms with Crippen LogP contribution in [0.25, 0.3) is 0 Å². The Morgan fingerprint density at radius 3 is 2.70 bits per heavy atom. The first-order chi connectivity index (χ1) is 4.79. The molecule has 2 atom stereocenters. The van der Waals surface area contributed by atoms with Crippen molar-refractivity contribution in [3.8, 4) is 0 Å². The lowest BCUT2D eigenvalue weighted by atomic mass is 10.3. The smallest absolute Gasteiger partial charge is 0.192 e. The topological polar surface area (TPSA) is 17.1 Å². The molecular formula is C8H14OS. The van der Waals surface area contributed by atoms with E-state index in [1.165, 1.54) is 18.2 Å². The zero-order valence-corrected chi connectivity index (χ0v) is 7.41. The SMILES string of the molecule is CCSC(=O)C1CC1CC. The van der Waals surface area contributed by atoms with Crippen molar-refractivity contribution in [3.63, 3.8) is 0 Å². The molecule has 0 bridgehead atoms. The van der Waals surface area contributed by atoms with Crippen LogP contribution in [0, 0.1) is 11.8 Å². The minimum atomic E-state index is 0.425. The first-order valence-electron chi connectivity index (χ1n) is 3.96. The molecule has 58 valence electrons. The Balaban J connectivity index is 2.19. The van der Waals surface area contributed by atoms with E-state index in [4.69, 9.17) is 0 Å². The zero-order valence-electron chi connectivity index (χ0n) is 6.59. The molecule has 1 aliphatic rings. The van der Waals surface area contributed by atoms with Crippen molar-refractivity contribution in [1.82, 2.24) is 0 Å². The van der Waals surface area contributed by atoms with Crippen LogP contribution < -0.4 is 0 Å². The van der Waals surface area contributed by atoms with Gasteiger partial charge in [-0.15, -0.1) is 0 Å². The maximum Gasteiger partial charge on any atom is 0.192 e. The summed E-state index contributed by atoms with van der Waals surface area (Å²) in [7, 11) is 0. The van der Waals surface area contributed by atoms with Crippen LogP contribution in [0.15, 0.2) is 0 Å². The molecule has 0 amide bonds. The number of carbonyl (C=O) groups excluding carboxylic acids is 1. The number of hydrogen-bond donors (Lipinski definition) is 0. The number of rotatable bonds is 3. The summed E-state index contributed by atoms with van der Waals surface area (Å²) in [6.45, 7) is 4.19. The highest BCUT2D eigenvalue weighted by atomic mass is 32.2. The second-order valence-electron chi connectivity index (χ2n) is 2.76. The summed E-state index contributed by atoms with van der Waals surface area (Å²) >= 11 is 1.48. The van der Waals surface area contributed by atoms with E-state index in [-0.39, 0.29) is 0 Å². The fourth-order valence-corrected chi connectivity index (χ4v) is 2.02. The molecule has 0 N–H and O–H groups in total. The zero-order chi connectivity index (χ0) is 7.56. The van der Waals surface area contributed by atoms with Crippen molar-refractivity contribution in [1.29, 1.82) is 0 Å². The lowest BCUT2D eigenvalue weighted by Crippen LogP contribution is -1.96. The van der Waals surface area contributed by atoms with Gasteiger partial charge in [-0.1, -0.05) is 32.0 Å². The molecule has 1 rings (SSSR count). The van der Waals surface area contributed by atoms with Crippen LogP contribution in [0.5, 0.6) is 0 Å². The Kier molecular flexibility index (Phi) is 2.78. The molecule has 1 aliphatic carbocycles. The maximum absolute atomic E-state index is 11.1. The molecule has 0 aromatic rings. The molecule has 1 nitrogen and oxygen atoms in total. The predicted octanol–water partition coefficient (Wildman–Crippen LogP) is 2.31. The van der Waals surface area contributed by atoms with Crippen LogP contribution in [0.2, 0.25) is 0 Å². The van der Waals surface area contributed by atoms with Gasteiger partial charge in [0.1, 0.15) is 0 Å². The Bertz CT molecular complexity index is 133. The molecule has 2 unspecified atom stereocenters. The van der Waals surface area contributed by atoms with E-state index in [1.54, 1.807) is 0 Å². The summed E-state index contributed by atoms with van der Waals surface area (Å²) in [6, 6.07) is 0. The lowest BCUT2D eigenvalue weighted by molar-refractivity contribution is -0.112. The molecule has 0 aromatic heterocycles. The molecule has 10 heavy (non-hydrogen) atoms. The summed E-state index contributed by atoms with van der Waals surface area (Å²) < 4.78 is 0. The second kappa shape index (κ2) is 3.42. The molecule has 0 aromatic carbocycles. The van der Waals surface area contributed by atoms with Gasteiger partial charge in [-0.25, -0.2) is 0 Å². The molecule has 0 aliphatic heterocycles. The molecular weight excluding hydrogens is 144 g/mol. The third kappa shape index (κ3) is 1.75. The van der Waals surface area contributed by atoms with E-state index >= 15 is 0 Å². The molecule has 1 fully saturated rings. The summed E-state index contributed by atoms with van der Waals surface area (Å²) in [5.41, 5.74) is 0. The van der Waals surface area contributed by atoms with Gasteiger partial charge < -0.3 is 0 Å². The minimum absolute atomic E-state index is 0.425. The first kappa shape index (κ1) is 8.12. The Morgan fingerprint density at radius 1 is 1.60 bits per heavy atom. The standard InChI is InChI=1S/C8H14OS/c1-3-6-5-7(6)8(9)10-4-2/h6-7H,3-5H2,1-2H3. The highest BCUT2D eigenvalue weighted by Gasteiger charge is 2.40. The molecule has 2 heteroatoms. The predicted molar refractivity (Wildman–Crippen MR) is 45.0 cm³/mol. The van der Waals surface area contributed by atoms with Gasteiger partial charge in [-0.3, -0.25) is 4.79 Å². The van der Waals surface area contributed by atoms with Crippen molar-refractivity contribution in [2.24, 2.45) is 11.8 Å². The van der Waals surface area contributed by atoms with E-state index in [9.17, 15) is 4.79 Å². The molecule has 1 saturated carbocycles. The van der Waals surface area contributed by atoms with Gasteiger partial charge in [0, 0.05) is 5.92 Å². The molecule has 0 spiro atoms. The normalized spacial score (nSPS) is 30.2. The molecule has 0 radical (unpaired) electrons. The van der Waals surface area contributed by atoms with Gasteiger partial charge in [0.05, 0.1) is 0 Å². The number of thioether (sulfide) groups is 1. The van der Waals surface area contributed by atoms with Crippen LogP contribution in [-0.2, 0) is 4.79 Å². The summed E-state index contributed by atoms with van der Waals surface area (Å²) in [5, 5.41) is 0.425. The highest BCUT2D eigenvalue weighted by Crippen LogP contribution is 2.43. The Hall–Kier alpha value is 0.0200. The van der Waals surface area contributed by atoms with Crippen LogP contribution in [0.1, 0.15) is 26.7 Å². The van der Waals surface area contributed by atoms with Gasteiger partial charge in [0.2, 0.25) is 0 Å². The fraction of sp³-hybridized carbons (Fsp3) is 0.875. The summed E-state index contributed by atoms with van der Waals surface area (Å²) in [4.78, 5) is 11.1. The van der Waals surface area contributed by atoms with Crippen LogP contribution in [0.4, 0.5) is 0 Å². The summed E-state index contributed by atoms with van der Waals surface area (Å²) in [5.74, 6) is 2.09. The van der Waals surface area contributed by atoms with Gasteiger partial charge in [-0.2, -0.15) is 0 Å². The fourth-order valence-electron chi connectivity index (χ4n) is 1.24. The van der Waals surface area contributed by atoms with Gasteiger partial charge in [0.25, 0.3) is 0 Å². The van der Waals surface area contributed by atoms with Crippen molar-refractivity contribution < 1.29 is 4.79 Å². The quantitative estimate of drug-likeness (QED) is 0.627. The van der Waals surface area contributed by atoms with Crippen molar-refractivity contribution >= 4 is 16.9 Å². The van der Waals surface area contributed by atoms with Crippen LogP contribution in [-0.4, -0.2) is 10.9 Å². The van der Waals surface area contributed by atoms with Crippen LogP contribution in [0.3, 0.4) is 0 Å². The third-order valence-electron chi connectivity index (χ3n) is 2.04. The van der Waals surface area contributed by atoms with Gasteiger partial charge in [0.15, 0.2) is 5.12 Å². The van der Waals surface area contributed by atoms with Gasteiger partial charge in [-0.05, 0) is 18.1 Å². The molecule has 0 saturated heterocycles. The lowest BCUT2D eigenvalue weighted by Gasteiger charge is -1.93. The molecule has 0 heterocycles. The van der Waals surface area contributed by atoms with E-state index in [2.05, 4.69) is 6.92 Å². The second-order valence-corrected chi connectivity index (χ2v) is 4.03. The van der Waals surface area contributed by atoms with Gasteiger partial charge >= 0.3 is 0 Å². The van der Waals surface area contributed by atoms with Crippen LogP contribution >= 0.6 is 11.8 Å². The monoisotopic (exact) mass is 158 g/mol. The first-order valence-corrected chi connectivity index (χ1v) is 4.94. The maximum atomic E-state index is 11.1. The largest absolute Gasteiger partial charge is 0.287 e. The van der Waals surface area contributed by atoms with E-state index in [1.807, 2.05) is 6.92 Å². The number of hydrogen-bond acceptors (Lipinski definition) is 2. The Labute approximate surface area is 66.6 Å². The van der Waals surface area contributed by atoms with Crippen molar-refractivity contribution in [3.05, 3.63) is 0 Å². The van der Waals surface area contributed by atoms with E-state index in [0.29, 0.717) is 11.0 Å². The van der Waals surface area contributed by atoms with Crippen molar-refractivity contribution in [2.75, 3.05) is 5.75 Å². The average Bonchev–Trinajstić information content (AvgIpc) is 2.66. The van der Waals surface area contributed by atoms with Crippen molar-refractivity contribution in [2.45, 2.75) is 26.7 Å². The summed E-state index contributed by atoms with van der Waals surface area (Å²) in [6.07, 6.45) is 2.34. The minimum Gasteiger partial charge on any atom is -0.287 e. The van der Waals surface area contributed by atoms with E-state index < -0.39 is 0 Å². The van der Waals surface area contributed by atoms with E-state index in [0.717, 1.165) is 18.1 Å². The third-order valence-corrected chi connectivity index (χ3v) is 2.91. The average molecular weight is 158 g/mol. The highest BCUT2D eigenvalue weighted by molar-refractivity contribution is 8.13. The number of carbonyl (C=O) groups is 1.